The fourth-order valence-electron chi connectivity index (χ4n) is 2.17. The van der Waals surface area contributed by atoms with Crippen LogP contribution in [0.5, 0.6) is 17.4 Å². The van der Waals surface area contributed by atoms with E-state index in [9.17, 15) is 19.0 Å². The zero-order chi connectivity index (χ0) is 15.9. The van der Waals surface area contributed by atoms with Crippen LogP contribution in [-0.4, -0.2) is 27.3 Å². The van der Waals surface area contributed by atoms with Crippen LogP contribution in [0.3, 0.4) is 0 Å². The van der Waals surface area contributed by atoms with Crippen molar-refractivity contribution >= 4 is 11.0 Å². The van der Waals surface area contributed by atoms with E-state index in [0.717, 1.165) is 18.2 Å². The van der Waals surface area contributed by atoms with Gasteiger partial charge in [-0.15, -0.1) is 0 Å². The molecule has 3 aromatic rings. The summed E-state index contributed by atoms with van der Waals surface area (Å²) >= 11 is 0. The predicted octanol–water partition coefficient (Wildman–Crippen LogP) is 2.99. The van der Waals surface area contributed by atoms with E-state index in [0.29, 0.717) is 0 Å². The first-order valence-corrected chi connectivity index (χ1v) is 6.23. The van der Waals surface area contributed by atoms with Crippen molar-refractivity contribution < 1.29 is 23.7 Å². The molecule has 0 aliphatic rings. The van der Waals surface area contributed by atoms with Gasteiger partial charge in [-0.2, -0.15) is 4.98 Å². The molecule has 0 aliphatic carbocycles. The molecule has 2 heterocycles. The van der Waals surface area contributed by atoms with E-state index >= 15 is 0 Å². The van der Waals surface area contributed by atoms with Gasteiger partial charge in [0.1, 0.15) is 23.0 Å². The third-order valence-electron chi connectivity index (χ3n) is 3.15. The molecule has 7 heteroatoms. The van der Waals surface area contributed by atoms with Crippen LogP contribution in [0.2, 0.25) is 0 Å². The number of methoxy groups -OCH3 is 1. The zero-order valence-electron chi connectivity index (χ0n) is 11.3. The van der Waals surface area contributed by atoms with Gasteiger partial charge in [0.25, 0.3) is 0 Å². The van der Waals surface area contributed by atoms with Crippen molar-refractivity contribution in [2.45, 2.75) is 0 Å². The first kappa shape index (κ1) is 14.0. The number of ether oxygens (including phenoxy) is 1. The Balaban J connectivity index is 2.35. The second-order valence-electron chi connectivity index (χ2n) is 4.51. The van der Waals surface area contributed by atoms with Gasteiger partial charge in [-0.1, -0.05) is 6.07 Å². The van der Waals surface area contributed by atoms with E-state index in [1.165, 1.54) is 19.2 Å². The van der Waals surface area contributed by atoms with Gasteiger partial charge >= 0.3 is 0 Å². The van der Waals surface area contributed by atoms with Crippen molar-refractivity contribution in [3.8, 4) is 28.6 Å². The molecule has 0 spiro atoms. The number of aromatic hydroxyl groups is 2. The molecule has 0 amide bonds. The van der Waals surface area contributed by atoms with Crippen LogP contribution in [0.15, 0.2) is 30.3 Å². The van der Waals surface area contributed by atoms with Gasteiger partial charge in [0.2, 0.25) is 5.88 Å². The number of benzene rings is 1. The minimum Gasteiger partial charge on any atom is -0.507 e. The SMILES string of the molecule is COc1cccc(F)c1-c1nc2nc(O)cc(O)c2cc1F. The van der Waals surface area contributed by atoms with Gasteiger partial charge in [-0.3, -0.25) is 0 Å². The number of fused-ring (bicyclic) bond motifs is 1. The summed E-state index contributed by atoms with van der Waals surface area (Å²) in [5, 5.41) is 19.1. The van der Waals surface area contributed by atoms with Gasteiger partial charge in [0.15, 0.2) is 11.5 Å². The van der Waals surface area contributed by atoms with E-state index in [-0.39, 0.29) is 33.8 Å². The predicted molar refractivity (Wildman–Crippen MR) is 74.8 cm³/mol. The van der Waals surface area contributed by atoms with Crippen LogP contribution in [0.4, 0.5) is 8.78 Å². The summed E-state index contributed by atoms with van der Waals surface area (Å²) in [4.78, 5) is 7.61. The van der Waals surface area contributed by atoms with Crippen LogP contribution >= 0.6 is 0 Å². The minimum atomic E-state index is -0.848. The van der Waals surface area contributed by atoms with Crippen molar-refractivity contribution in [3.63, 3.8) is 0 Å². The molecule has 0 aliphatic heterocycles. The van der Waals surface area contributed by atoms with E-state index in [2.05, 4.69) is 9.97 Å². The monoisotopic (exact) mass is 304 g/mol. The highest BCUT2D eigenvalue weighted by atomic mass is 19.1. The van der Waals surface area contributed by atoms with E-state index < -0.39 is 17.5 Å². The third-order valence-corrected chi connectivity index (χ3v) is 3.15. The highest BCUT2D eigenvalue weighted by molar-refractivity contribution is 5.85. The van der Waals surface area contributed by atoms with Crippen molar-refractivity contribution in [1.29, 1.82) is 0 Å². The molecule has 112 valence electrons. The highest BCUT2D eigenvalue weighted by Crippen LogP contribution is 2.35. The smallest absolute Gasteiger partial charge is 0.216 e. The molecule has 0 unspecified atom stereocenters. The van der Waals surface area contributed by atoms with Crippen molar-refractivity contribution in [3.05, 3.63) is 42.0 Å². The summed E-state index contributed by atoms with van der Waals surface area (Å²) in [6.07, 6.45) is 0. The van der Waals surface area contributed by atoms with Crippen molar-refractivity contribution in [2.75, 3.05) is 7.11 Å². The molecule has 0 fully saturated rings. The normalized spacial score (nSPS) is 10.9. The van der Waals surface area contributed by atoms with Crippen LogP contribution in [0.25, 0.3) is 22.3 Å². The average Bonchev–Trinajstić information content (AvgIpc) is 2.47. The van der Waals surface area contributed by atoms with Crippen LogP contribution in [0, 0.1) is 11.6 Å². The summed E-state index contributed by atoms with van der Waals surface area (Å²) in [6.45, 7) is 0. The number of pyridine rings is 2. The number of hydrogen-bond donors (Lipinski definition) is 2. The fraction of sp³-hybridized carbons (Fsp3) is 0.0667. The second-order valence-corrected chi connectivity index (χ2v) is 4.51. The van der Waals surface area contributed by atoms with E-state index in [4.69, 9.17) is 4.74 Å². The van der Waals surface area contributed by atoms with Crippen molar-refractivity contribution in [1.82, 2.24) is 9.97 Å². The maximum absolute atomic E-state index is 14.3. The standard InChI is InChI=1S/C15H10F2N2O3/c1-22-11-4-2-3-8(16)13(11)14-9(17)5-7-10(20)6-12(21)18-15(7)19-14/h2-6H,1H3,(H2,18,19,20,21). The van der Waals surface area contributed by atoms with Crippen LogP contribution in [0.1, 0.15) is 0 Å². The van der Waals surface area contributed by atoms with Gasteiger partial charge in [0.05, 0.1) is 18.1 Å². The van der Waals surface area contributed by atoms with Gasteiger partial charge in [0, 0.05) is 6.07 Å². The molecule has 0 saturated heterocycles. The second kappa shape index (κ2) is 5.10. The summed E-state index contributed by atoms with van der Waals surface area (Å²) in [5.41, 5.74) is -0.590. The Labute approximate surface area is 123 Å². The minimum absolute atomic E-state index is 0.00866. The topological polar surface area (TPSA) is 75.5 Å². The number of hydrogen-bond acceptors (Lipinski definition) is 5. The Kier molecular flexibility index (Phi) is 3.25. The summed E-state index contributed by atoms with van der Waals surface area (Å²) in [5.74, 6) is -2.31. The Morgan fingerprint density at radius 1 is 1.05 bits per heavy atom. The van der Waals surface area contributed by atoms with Crippen LogP contribution < -0.4 is 4.74 Å². The lowest BCUT2D eigenvalue weighted by atomic mass is 10.1. The first-order valence-electron chi connectivity index (χ1n) is 6.23. The molecule has 0 atom stereocenters. The maximum atomic E-state index is 14.3. The number of halogens is 2. The molecule has 0 radical (unpaired) electrons. The molecular weight excluding hydrogens is 294 g/mol. The number of aromatic nitrogens is 2. The van der Waals surface area contributed by atoms with E-state index in [1.54, 1.807) is 0 Å². The molecule has 5 nitrogen and oxygen atoms in total. The Hall–Kier alpha value is -2.96. The maximum Gasteiger partial charge on any atom is 0.216 e. The summed E-state index contributed by atoms with van der Waals surface area (Å²) in [6, 6.07) is 5.98. The van der Waals surface area contributed by atoms with Crippen molar-refractivity contribution in [2.24, 2.45) is 0 Å². The lowest BCUT2D eigenvalue weighted by molar-refractivity contribution is 0.413. The molecule has 2 aromatic heterocycles. The molecule has 3 rings (SSSR count). The third kappa shape index (κ3) is 2.16. The number of rotatable bonds is 2. The molecule has 22 heavy (non-hydrogen) atoms. The van der Waals surface area contributed by atoms with Crippen LogP contribution in [-0.2, 0) is 0 Å². The number of nitrogens with zero attached hydrogens (tertiary/aromatic N) is 2. The Morgan fingerprint density at radius 2 is 1.82 bits per heavy atom. The summed E-state index contributed by atoms with van der Waals surface area (Å²) in [7, 11) is 1.33. The zero-order valence-corrected chi connectivity index (χ0v) is 11.3. The molecular formula is C15H10F2N2O3. The van der Waals surface area contributed by atoms with Gasteiger partial charge in [-0.05, 0) is 18.2 Å². The molecule has 1 aromatic carbocycles. The average molecular weight is 304 g/mol. The van der Waals surface area contributed by atoms with Gasteiger partial charge < -0.3 is 14.9 Å². The Bertz CT molecular complexity index is 884. The Morgan fingerprint density at radius 3 is 2.55 bits per heavy atom. The fourth-order valence-corrected chi connectivity index (χ4v) is 2.17. The highest BCUT2D eigenvalue weighted by Gasteiger charge is 2.19. The van der Waals surface area contributed by atoms with Gasteiger partial charge in [-0.25, -0.2) is 13.8 Å². The first-order chi connectivity index (χ1) is 10.5. The van der Waals surface area contributed by atoms with E-state index in [1.807, 2.05) is 0 Å². The largest absolute Gasteiger partial charge is 0.507 e. The molecule has 2 N–H and O–H groups in total. The quantitative estimate of drug-likeness (QED) is 0.761. The molecule has 0 bridgehead atoms. The molecule has 0 saturated carbocycles. The summed E-state index contributed by atoms with van der Waals surface area (Å²) < 4.78 is 33.4. The lowest BCUT2D eigenvalue weighted by Crippen LogP contribution is -1.98. The lowest BCUT2D eigenvalue weighted by Gasteiger charge is -2.11.